The van der Waals surface area contributed by atoms with Crippen molar-refractivity contribution in [2.45, 2.75) is 112 Å². The molecule has 1 heterocycles. The van der Waals surface area contributed by atoms with Gasteiger partial charge in [-0.25, -0.2) is 0 Å². The van der Waals surface area contributed by atoms with Crippen molar-refractivity contribution < 1.29 is 0 Å². The Hall–Kier alpha value is -0.660. The minimum atomic E-state index is 0.811. The van der Waals surface area contributed by atoms with Crippen LogP contribution in [0.3, 0.4) is 0 Å². The van der Waals surface area contributed by atoms with Crippen LogP contribution < -0.4 is 0 Å². The van der Waals surface area contributed by atoms with Crippen molar-refractivity contribution in [3.63, 3.8) is 0 Å². The van der Waals surface area contributed by atoms with Crippen LogP contribution >= 0.6 is 0 Å². The van der Waals surface area contributed by atoms with Crippen molar-refractivity contribution in [1.82, 2.24) is 0 Å². The lowest BCUT2D eigenvalue weighted by molar-refractivity contribution is 0.134. The molecule has 2 saturated carbocycles. The van der Waals surface area contributed by atoms with Gasteiger partial charge in [0, 0.05) is 17.8 Å². The Morgan fingerprint density at radius 3 is 2.21 bits per heavy atom. The highest BCUT2D eigenvalue weighted by atomic mass is 15.2. The van der Waals surface area contributed by atoms with E-state index in [-0.39, 0.29) is 0 Å². The van der Waals surface area contributed by atoms with E-state index in [1.165, 1.54) is 82.1 Å². The molecule has 7 atom stereocenters. The van der Waals surface area contributed by atoms with Crippen molar-refractivity contribution in [1.29, 1.82) is 0 Å². The summed E-state index contributed by atoms with van der Waals surface area (Å²) < 4.78 is 0. The van der Waals surface area contributed by atoms with Gasteiger partial charge < -0.3 is 0 Å². The van der Waals surface area contributed by atoms with Crippen LogP contribution in [0.5, 0.6) is 0 Å². The van der Waals surface area contributed by atoms with Crippen molar-refractivity contribution in [3.05, 3.63) is 0 Å². The summed E-state index contributed by atoms with van der Waals surface area (Å²) in [5.41, 5.74) is 2.57. The molecule has 0 radical (unpaired) electrons. The minimum Gasteiger partial charge on any atom is -0.160 e. The first kappa shape index (κ1) is 22.0. The maximum atomic E-state index is 4.52. The molecule has 2 fully saturated rings. The van der Waals surface area contributed by atoms with E-state index in [9.17, 15) is 0 Å². The highest BCUT2D eigenvalue weighted by molar-refractivity contribution is 6.06. The summed E-state index contributed by atoms with van der Waals surface area (Å²) in [6.45, 7) is 12.4. The monoisotopic (exact) mass is 386 g/mol. The zero-order valence-electron chi connectivity index (χ0n) is 19.4. The van der Waals surface area contributed by atoms with Crippen molar-refractivity contribution >= 4 is 11.4 Å². The van der Waals surface area contributed by atoms with Gasteiger partial charge in [0.25, 0.3) is 0 Å². The smallest absolute Gasteiger partial charge is 0.0465 e. The Labute approximate surface area is 175 Å². The standard InChI is InChI=1S/C26H46N2/c1-18-11-12-23-13-14-25(15-18)22(5)24(17-26-16-20(3)27-28-26)10-8-6-7-9-19(2)21(23)4/h18-19,21-25H,6-17H2,1-5H3. The first-order valence-corrected chi connectivity index (χ1v) is 12.5. The van der Waals surface area contributed by atoms with Gasteiger partial charge in [0.2, 0.25) is 0 Å². The van der Waals surface area contributed by atoms with E-state index in [0.717, 1.165) is 47.8 Å². The summed E-state index contributed by atoms with van der Waals surface area (Å²) in [5, 5.41) is 8.85. The van der Waals surface area contributed by atoms with Crippen LogP contribution in [0.25, 0.3) is 0 Å². The lowest BCUT2D eigenvalue weighted by atomic mass is 9.68. The van der Waals surface area contributed by atoms with Gasteiger partial charge in [-0.2, -0.15) is 10.2 Å². The van der Waals surface area contributed by atoms with Crippen LogP contribution in [0, 0.1) is 41.4 Å². The third-order valence-electron chi connectivity index (χ3n) is 8.83. The number of rotatable bonds is 2. The number of hydrogen-bond acceptors (Lipinski definition) is 2. The molecule has 0 aromatic rings. The molecule has 0 N–H and O–H groups in total. The summed E-state index contributed by atoms with van der Waals surface area (Å²) in [4.78, 5) is 0. The van der Waals surface area contributed by atoms with Crippen molar-refractivity contribution in [3.8, 4) is 0 Å². The predicted molar refractivity (Wildman–Crippen MR) is 123 cm³/mol. The molecular weight excluding hydrogens is 340 g/mol. The molecule has 160 valence electrons. The SMILES string of the molecule is CC1=NN=C(CC2CCCCCC(C)C(C)C3CCC(C)CC(CC3)C2C)C1. The van der Waals surface area contributed by atoms with Gasteiger partial charge >= 0.3 is 0 Å². The first-order valence-electron chi connectivity index (χ1n) is 12.5. The molecule has 2 aliphatic carbocycles. The molecule has 0 spiro atoms. The third-order valence-corrected chi connectivity index (χ3v) is 8.83. The highest BCUT2D eigenvalue weighted by Crippen LogP contribution is 2.42. The average Bonchev–Trinajstić information content (AvgIpc) is 3.06. The van der Waals surface area contributed by atoms with Gasteiger partial charge in [0.05, 0.1) is 0 Å². The van der Waals surface area contributed by atoms with Gasteiger partial charge in [-0.1, -0.05) is 59.8 Å². The quantitative estimate of drug-likeness (QED) is 0.460. The van der Waals surface area contributed by atoms with Crippen LogP contribution in [0.4, 0.5) is 0 Å². The van der Waals surface area contributed by atoms with Gasteiger partial charge in [-0.05, 0) is 86.9 Å². The summed E-state index contributed by atoms with van der Waals surface area (Å²) in [7, 11) is 0. The number of fused-ring (bicyclic) bond motifs is 3. The molecule has 0 saturated heterocycles. The maximum absolute atomic E-state index is 4.52. The molecular formula is C26H46N2. The molecule has 2 heteroatoms. The Morgan fingerprint density at radius 2 is 1.46 bits per heavy atom. The molecule has 0 aromatic carbocycles. The first-order chi connectivity index (χ1) is 13.4. The van der Waals surface area contributed by atoms with E-state index >= 15 is 0 Å². The van der Waals surface area contributed by atoms with Crippen molar-refractivity contribution in [2.24, 2.45) is 51.6 Å². The Bertz CT molecular complexity index is 549. The maximum Gasteiger partial charge on any atom is 0.0465 e. The summed E-state index contributed by atoms with van der Waals surface area (Å²) in [6.07, 6.45) is 16.7. The molecule has 3 aliphatic rings. The predicted octanol–water partition coefficient (Wildman–Crippen LogP) is 7.92. The second kappa shape index (κ2) is 10.4. The zero-order valence-corrected chi connectivity index (χ0v) is 19.4. The normalized spacial score (nSPS) is 41.1. The van der Waals surface area contributed by atoms with E-state index in [1.54, 1.807) is 0 Å². The van der Waals surface area contributed by atoms with E-state index in [1.807, 2.05) is 0 Å². The Morgan fingerprint density at radius 1 is 0.750 bits per heavy atom. The van der Waals surface area contributed by atoms with Crippen LogP contribution in [0.1, 0.15) is 112 Å². The minimum absolute atomic E-state index is 0.811. The van der Waals surface area contributed by atoms with Gasteiger partial charge in [0.15, 0.2) is 0 Å². The fraction of sp³-hybridized carbons (Fsp3) is 0.923. The molecule has 2 nitrogen and oxygen atoms in total. The zero-order chi connectivity index (χ0) is 20.1. The van der Waals surface area contributed by atoms with E-state index < -0.39 is 0 Å². The second-order valence-electron chi connectivity index (χ2n) is 11.0. The Kier molecular flexibility index (Phi) is 8.18. The molecule has 0 amide bonds. The lowest BCUT2D eigenvalue weighted by Gasteiger charge is -2.38. The summed E-state index contributed by atoms with van der Waals surface area (Å²) in [6, 6.07) is 0. The molecule has 0 aromatic heterocycles. The number of hydrogen-bond donors (Lipinski definition) is 0. The van der Waals surface area contributed by atoms with Gasteiger partial charge in [-0.3, -0.25) is 0 Å². The van der Waals surface area contributed by atoms with Crippen molar-refractivity contribution in [2.75, 3.05) is 0 Å². The topological polar surface area (TPSA) is 24.7 Å². The molecule has 7 unspecified atom stereocenters. The molecule has 3 rings (SSSR count). The second-order valence-corrected chi connectivity index (χ2v) is 11.0. The van der Waals surface area contributed by atoms with Crippen LogP contribution in [-0.2, 0) is 0 Å². The van der Waals surface area contributed by atoms with E-state index in [4.69, 9.17) is 0 Å². The summed E-state index contributed by atoms with van der Waals surface area (Å²) >= 11 is 0. The molecule has 2 bridgehead atoms. The molecule has 28 heavy (non-hydrogen) atoms. The molecule has 1 aliphatic heterocycles. The average molecular weight is 387 g/mol. The van der Waals surface area contributed by atoms with Gasteiger partial charge in [0.1, 0.15) is 0 Å². The summed E-state index contributed by atoms with van der Waals surface area (Å²) in [5.74, 6) is 6.23. The number of nitrogens with zero attached hydrogens (tertiary/aromatic N) is 2. The van der Waals surface area contributed by atoms with E-state index in [2.05, 4.69) is 44.8 Å². The lowest BCUT2D eigenvalue weighted by Crippen LogP contribution is -2.28. The Balaban J connectivity index is 1.75. The highest BCUT2D eigenvalue weighted by Gasteiger charge is 2.32. The van der Waals surface area contributed by atoms with Crippen LogP contribution in [-0.4, -0.2) is 11.4 Å². The van der Waals surface area contributed by atoms with Crippen LogP contribution in [0.15, 0.2) is 10.2 Å². The fourth-order valence-electron chi connectivity index (χ4n) is 6.48. The third kappa shape index (κ3) is 5.92. The largest absolute Gasteiger partial charge is 0.160 e. The fourth-order valence-corrected chi connectivity index (χ4v) is 6.48. The van der Waals surface area contributed by atoms with Gasteiger partial charge in [-0.15, -0.1) is 0 Å². The van der Waals surface area contributed by atoms with Crippen LogP contribution in [0.2, 0.25) is 0 Å². The van der Waals surface area contributed by atoms with E-state index in [0.29, 0.717) is 0 Å².